The Kier molecular flexibility index (Phi) is 7.25. The lowest BCUT2D eigenvalue weighted by atomic mass is 10.2. The molecule has 1 amide bonds. The molecule has 0 saturated carbocycles. The van der Waals surface area contributed by atoms with E-state index in [1.165, 1.54) is 0 Å². The molecule has 0 fully saturated rings. The van der Waals surface area contributed by atoms with Crippen LogP contribution in [0.3, 0.4) is 0 Å². The van der Waals surface area contributed by atoms with Gasteiger partial charge in [0, 0.05) is 20.3 Å². The van der Waals surface area contributed by atoms with Crippen LogP contribution >= 0.6 is 15.9 Å². The number of carbonyl (C=O) groups is 2. The molecular formula is C14H18BrNO4. The molecule has 0 aliphatic heterocycles. The fourth-order valence-electron chi connectivity index (χ4n) is 1.54. The number of para-hydroxylation sites is 1. The Morgan fingerprint density at radius 3 is 2.90 bits per heavy atom. The molecule has 1 atom stereocenters. The number of methoxy groups -OCH3 is 1. The third kappa shape index (κ3) is 4.94. The molecule has 1 aromatic carbocycles. The lowest BCUT2D eigenvalue weighted by molar-refractivity contribution is -0.127. The van der Waals surface area contributed by atoms with Gasteiger partial charge in [0.1, 0.15) is 5.75 Å². The minimum Gasteiger partial charge on any atom is -0.479 e. The van der Waals surface area contributed by atoms with Gasteiger partial charge in [0.05, 0.1) is 10.0 Å². The smallest absolute Gasteiger partial charge is 0.260 e. The summed E-state index contributed by atoms with van der Waals surface area (Å²) in [7, 11) is 1.61. The normalized spacial score (nSPS) is 11.8. The average molecular weight is 344 g/mol. The Labute approximate surface area is 126 Å². The van der Waals surface area contributed by atoms with E-state index in [4.69, 9.17) is 9.47 Å². The third-order valence-corrected chi connectivity index (χ3v) is 3.24. The second kappa shape index (κ2) is 8.71. The first kappa shape index (κ1) is 16.7. The lowest BCUT2D eigenvalue weighted by Crippen LogP contribution is -2.37. The molecule has 110 valence electrons. The minimum absolute atomic E-state index is 0.228. The van der Waals surface area contributed by atoms with Crippen molar-refractivity contribution < 1.29 is 19.1 Å². The zero-order chi connectivity index (χ0) is 15.0. The highest BCUT2D eigenvalue weighted by atomic mass is 79.9. The maximum atomic E-state index is 11.8. The van der Waals surface area contributed by atoms with Crippen molar-refractivity contribution in [1.29, 1.82) is 0 Å². The number of hydrogen-bond donors (Lipinski definition) is 1. The van der Waals surface area contributed by atoms with E-state index in [0.717, 1.165) is 6.42 Å². The van der Waals surface area contributed by atoms with Crippen LogP contribution in [0.5, 0.6) is 5.75 Å². The topological polar surface area (TPSA) is 64.6 Å². The van der Waals surface area contributed by atoms with E-state index in [1.807, 2.05) is 0 Å². The first-order chi connectivity index (χ1) is 9.60. The van der Waals surface area contributed by atoms with Crippen molar-refractivity contribution in [3.05, 3.63) is 28.2 Å². The molecule has 0 aliphatic carbocycles. The van der Waals surface area contributed by atoms with E-state index >= 15 is 0 Å². The Morgan fingerprint density at radius 2 is 2.25 bits per heavy atom. The van der Waals surface area contributed by atoms with Crippen LogP contribution in [0, 0.1) is 0 Å². The zero-order valence-electron chi connectivity index (χ0n) is 11.5. The Morgan fingerprint density at radius 1 is 1.50 bits per heavy atom. The van der Waals surface area contributed by atoms with Crippen molar-refractivity contribution in [3.8, 4) is 5.75 Å². The van der Waals surface area contributed by atoms with Gasteiger partial charge in [-0.15, -0.1) is 0 Å². The third-order valence-electron chi connectivity index (χ3n) is 2.61. The van der Waals surface area contributed by atoms with Crippen molar-refractivity contribution in [2.75, 3.05) is 20.3 Å². The summed E-state index contributed by atoms with van der Waals surface area (Å²) in [4.78, 5) is 22.8. The van der Waals surface area contributed by atoms with Crippen LogP contribution in [0.15, 0.2) is 22.7 Å². The van der Waals surface area contributed by atoms with Crippen molar-refractivity contribution >= 4 is 28.1 Å². The first-order valence-electron chi connectivity index (χ1n) is 6.27. The van der Waals surface area contributed by atoms with Gasteiger partial charge >= 0.3 is 0 Å². The van der Waals surface area contributed by atoms with Gasteiger partial charge in [0.25, 0.3) is 5.91 Å². The molecule has 0 saturated heterocycles. The molecule has 6 heteroatoms. The lowest BCUT2D eigenvalue weighted by Gasteiger charge is -2.17. The van der Waals surface area contributed by atoms with Crippen LogP contribution in [0.2, 0.25) is 0 Å². The molecule has 1 rings (SSSR count). The highest BCUT2D eigenvalue weighted by Gasteiger charge is 2.17. The number of carbonyl (C=O) groups excluding carboxylic acids is 2. The highest BCUT2D eigenvalue weighted by Crippen LogP contribution is 2.28. The minimum atomic E-state index is -0.685. The van der Waals surface area contributed by atoms with Gasteiger partial charge in [0.15, 0.2) is 12.4 Å². The van der Waals surface area contributed by atoms with Crippen LogP contribution in [0.4, 0.5) is 0 Å². The highest BCUT2D eigenvalue weighted by molar-refractivity contribution is 9.10. The summed E-state index contributed by atoms with van der Waals surface area (Å²) in [6.45, 7) is 2.76. The van der Waals surface area contributed by atoms with E-state index in [-0.39, 0.29) is 5.91 Å². The van der Waals surface area contributed by atoms with Gasteiger partial charge < -0.3 is 14.8 Å². The predicted molar refractivity (Wildman–Crippen MR) is 79.1 cm³/mol. The van der Waals surface area contributed by atoms with Gasteiger partial charge in [-0.05, 0) is 41.4 Å². The zero-order valence-corrected chi connectivity index (χ0v) is 13.1. The number of hydrogen-bond acceptors (Lipinski definition) is 4. The van der Waals surface area contributed by atoms with E-state index in [1.54, 1.807) is 32.2 Å². The number of amides is 1. The molecular weight excluding hydrogens is 326 g/mol. The van der Waals surface area contributed by atoms with Crippen LogP contribution < -0.4 is 10.1 Å². The molecule has 5 nitrogen and oxygen atoms in total. The standard InChI is InChI=1S/C14H18BrNO4/c1-10(14(18)16-7-4-8-19-2)20-13-11(9-17)5-3-6-12(13)15/h3,5-6,9-10H,4,7-8H2,1-2H3,(H,16,18). The van der Waals surface area contributed by atoms with Crippen LogP contribution in [0.25, 0.3) is 0 Å². The van der Waals surface area contributed by atoms with Gasteiger partial charge in [-0.3, -0.25) is 9.59 Å². The van der Waals surface area contributed by atoms with Gasteiger partial charge in [-0.1, -0.05) is 6.07 Å². The molecule has 0 aromatic heterocycles. The Hall–Kier alpha value is -1.40. The fraction of sp³-hybridized carbons (Fsp3) is 0.429. The number of ether oxygens (including phenoxy) is 2. The van der Waals surface area contributed by atoms with Crippen LogP contribution in [0.1, 0.15) is 23.7 Å². The Bertz CT molecular complexity index is 464. The van der Waals surface area contributed by atoms with E-state index in [0.29, 0.717) is 35.2 Å². The summed E-state index contributed by atoms with van der Waals surface area (Å²) < 4.78 is 11.1. The van der Waals surface area contributed by atoms with Gasteiger partial charge in [-0.25, -0.2) is 0 Å². The maximum absolute atomic E-state index is 11.8. The van der Waals surface area contributed by atoms with Crippen molar-refractivity contribution in [2.45, 2.75) is 19.4 Å². The quantitative estimate of drug-likeness (QED) is 0.580. The van der Waals surface area contributed by atoms with E-state index in [2.05, 4.69) is 21.2 Å². The number of rotatable bonds is 8. The average Bonchev–Trinajstić information content (AvgIpc) is 2.45. The van der Waals surface area contributed by atoms with Crippen molar-refractivity contribution in [3.63, 3.8) is 0 Å². The summed E-state index contributed by atoms with van der Waals surface area (Å²) in [5, 5.41) is 2.75. The summed E-state index contributed by atoms with van der Waals surface area (Å²) >= 11 is 3.31. The maximum Gasteiger partial charge on any atom is 0.260 e. The summed E-state index contributed by atoms with van der Waals surface area (Å²) in [5.74, 6) is 0.149. The van der Waals surface area contributed by atoms with Crippen molar-refractivity contribution in [2.24, 2.45) is 0 Å². The second-order valence-corrected chi connectivity index (χ2v) is 5.03. The molecule has 0 spiro atoms. The summed E-state index contributed by atoms with van der Waals surface area (Å²) in [5.41, 5.74) is 0.401. The number of aldehydes is 1. The molecule has 1 aromatic rings. The van der Waals surface area contributed by atoms with Crippen LogP contribution in [-0.4, -0.2) is 38.6 Å². The molecule has 0 aliphatic rings. The number of halogens is 1. The molecule has 1 unspecified atom stereocenters. The van der Waals surface area contributed by atoms with Gasteiger partial charge in [-0.2, -0.15) is 0 Å². The molecule has 0 bridgehead atoms. The monoisotopic (exact) mass is 343 g/mol. The molecule has 0 radical (unpaired) electrons. The van der Waals surface area contributed by atoms with E-state index in [9.17, 15) is 9.59 Å². The second-order valence-electron chi connectivity index (χ2n) is 4.17. The fourth-order valence-corrected chi connectivity index (χ4v) is 2.02. The van der Waals surface area contributed by atoms with Gasteiger partial charge in [0.2, 0.25) is 0 Å². The van der Waals surface area contributed by atoms with Crippen LogP contribution in [-0.2, 0) is 9.53 Å². The molecule has 1 N–H and O–H groups in total. The van der Waals surface area contributed by atoms with Crippen molar-refractivity contribution in [1.82, 2.24) is 5.32 Å². The number of nitrogens with one attached hydrogen (secondary N) is 1. The number of benzene rings is 1. The Balaban J connectivity index is 2.59. The SMILES string of the molecule is COCCCNC(=O)C(C)Oc1c(Br)cccc1C=O. The predicted octanol–water partition coefficient (Wildman–Crippen LogP) is 2.18. The first-order valence-corrected chi connectivity index (χ1v) is 7.06. The summed E-state index contributed by atoms with van der Waals surface area (Å²) in [6, 6.07) is 5.12. The largest absolute Gasteiger partial charge is 0.479 e. The molecule has 20 heavy (non-hydrogen) atoms. The molecule has 0 heterocycles. The van der Waals surface area contributed by atoms with E-state index < -0.39 is 6.10 Å². The summed E-state index contributed by atoms with van der Waals surface area (Å²) in [6.07, 6.45) is 0.752.